The molecule has 3 heterocycles. The second-order valence-corrected chi connectivity index (χ2v) is 8.40. The first-order chi connectivity index (χ1) is 12.5. The Bertz CT molecular complexity index is 761. The van der Waals surface area contributed by atoms with Gasteiger partial charge in [-0.05, 0) is 58.7 Å². The van der Waals surface area contributed by atoms with E-state index in [2.05, 4.69) is 5.32 Å². The molecule has 0 radical (unpaired) electrons. The fraction of sp³-hybridized carbons (Fsp3) is 0.650. The third kappa shape index (κ3) is 3.50. The molecular weight excluding hydrogens is 350 g/mol. The molecular formula is C20H27NO6. The molecule has 4 rings (SSSR count). The molecule has 0 spiro atoms. The molecule has 0 bridgehead atoms. The predicted molar refractivity (Wildman–Crippen MR) is 97.1 cm³/mol. The van der Waals surface area contributed by atoms with Gasteiger partial charge in [-0.2, -0.15) is 0 Å². The third-order valence-corrected chi connectivity index (χ3v) is 5.06. The van der Waals surface area contributed by atoms with E-state index >= 15 is 0 Å². The highest BCUT2D eigenvalue weighted by Crippen LogP contribution is 2.44. The number of ether oxygens (including phenoxy) is 5. The summed E-state index contributed by atoms with van der Waals surface area (Å²) in [5.41, 5.74) is 2.79. The van der Waals surface area contributed by atoms with Crippen LogP contribution < -0.4 is 5.32 Å². The molecule has 5 atom stereocenters. The van der Waals surface area contributed by atoms with Crippen LogP contribution in [0.2, 0.25) is 0 Å². The first kappa shape index (κ1) is 18.8. The van der Waals surface area contributed by atoms with Gasteiger partial charge in [-0.1, -0.05) is 12.1 Å². The number of fused-ring (bicyclic) bond motifs is 3. The number of anilines is 1. The van der Waals surface area contributed by atoms with Crippen molar-refractivity contribution in [3.8, 4) is 0 Å². The van der Waals surface area contributed by atoms with E-state index in [-0.39, 0.29) is 5.91 Å². The molecule has 3 aliphatic rings. The predicted octanol–water partition coefficient (Wildman–Crippen LogP) is 2.64. The standard InChI is InChI=1S/C20H27NO6/c1-10-7-8-11(2)12(9-10)21-17(22)15-13-14(25-19(3,4)24-13)16-18(23-15)27-20(5,6)26-16/h7-9,13-16,18H,1-6H3,(H,21,22)/t13-,14-,15+,16+,18-/m0/s1. The monoisotopic (exact) mass is 377 g/mol. The Morgan fingerprint density at radius 3 is 2.30 bits per heavy atom. The van der Waals surface area contributed by atoms with Gasteiger partial charge in [0.25, 0.3) is 5.91 Å². The van der Waals surface area contributed by atoms with Crippen molar-refractivity contribution in [3.05, 3.63) is 29.3 Å². The van der Waals surface area contributed by atoms with Crippen molar-refractivity contribution in [2.24, 2.45) is 0 Å². The van der Waals surface area contributed by atoms with Crippen LogP contribution in [0, 0.1) is 13.8 Å². The smallest absolute Gasteiger partial charge is 0.256 e. The van der Waals surface area contributed by atoms with Crippen molar-refractivity contribution < 1.29 is 28.5 Å². The summed E-state index contributed by atoms with van der Waals surface area (Å²) in [4.78, 5) is 13.1. The van der Waals surface area contributed by atoms with Crippen LogP contribution in [-0.2, 0) is 28.5 Å². The van der Waals surface area contributed by atoms with E-state index in [1.165, 1.54) is 0 Å². The van der Waals surface area contributed by atoms with Crippen LogP contribution in [0.1, 0.15) is 38.8 Å². The summed E-state index contributed by atoms with van der Waals surface area (Å²) in [5, 5.41) is 2.97. The lowest BCUT2D eigenvalue weighted by atomic mass is 9.98. The van der Waals surface area contributed by atoms with Gasteiger partial charge in [-0.15, -0.1) is 0 Å². The molecule has 0 aromatic heterocycles. The van der Waals surface area contributed by atoms with Gasteiger partial charge in [0.05, 0.1) is 0 Å². The summed E-state index contributed by atoms with van der Waals surface area (Å²) < 4.78 is 29.8. The maximum Gasteiger partial charge on any atom is 0.256 e. The summed E-state index contributed by atoms with van der Waals surface area (Å²) >= 11 is 0. The Hall–Kier alpha value is -1.51. The largest absolute Gasteiger partial charge is 0.342 e. The van der Waals surface area contributed by atoms with Gasteiger partial charge in [-0.25, -0.2) is 0 Å². The number of benzene rings is 1. The summed E-state index contributed by atoms with van der Waals surface area (Å²) in [6, 6.07) is 5.91. The van der Waals surface area contributed by atoms with Crippen molar-refractivity contribution >= 4 is 11.6 Å². The molecule has 1 amide bonds. The molecule has 0 unspecified atom stereocenters. The summed E-state index contributed by atoms with van der Waals surface area (Å²) in [6.07, 6.45) is -3.03. The normalized spacial score (nSPS) is 36.1. The molecule has 3 aliphatic heterocycles. The van der Waals surface area contributed by atoms with Crippen LogP contribution >= 0.6 is 0 Å². The summed E-state index contributed by atoms with van der Waals surface area (Å²) in [6.45, 7) is 11.2. The average molecular weight is 377 g/mol. The lowest BCUT2D eigenvalue weighted by Gasteiger charge is -2.36. The number of hydrogen-bond donors (Lipinski definition) is 1. The minimum Gasteiger partial charge on any atom is -0.342 e. The quantitative estimate of drug-likeness (QED) is 0.854. The molecule has 148 valence electrons. The molecule has 7 heteroatoms. The van der Waals surface area contributed by atoms with Crippen LogP contribution in [0.15, 0.2) is 18.2 Å². The highest BCUT2D eigenvalue weighted by atomic mass is 16.9. The minimum absolute atomic E-state index is 0.285. The van der Waals surface area contributed by atoms with Crippen LogP contribution in [0.4, 0.5) is 5.69 Å². The van der Waals surface area contributed by atoms with E-state index in [0.29, 0.717) is 0 Å². The Labute approximate surface area is 159 Å². The molecule has 3 saturated heterocycles. The number of carbonyl (C=O) groups excluding carboxylic acids is 1. The lowest BCUT2D eigenvalue weighted by molar-refractivity contribution is -0.229. The van der Waals surface area contributed by atoms with Gasteiger partial charge in [0.1, 0.15) is 18.3 Å². The van der Waals surface area contributed by atoms with Crippen molar-refractivity contribution in [1.29, 1.82) is 0 Å². The van der Waals surface area contributed by atoms with Gasteiger partial charge in [0.2, 0.25) is 0 Å². The molecule has 27 heavy (non-hydrogen) atoms. The third-order valence-electron chi connectivity index (χ3n) is 5.06. The highest BCUT2D eigenvalue weighted by molar-refractivity contribution is 5.95. The van der Waals surface area contributed by atoms with Gasteiger partial charge < -0.3 is 29.0 Å². The fourth-order valence-electron chi connectivity index (χ4n) is 3.90. The Morgan fingerprint density at radius 2 is 1.56 bits per heavy atom. The Balaban J connectivity index is 1.60. The van der Waals surface area contributed by atoms with E-state index in [4.69, 9.17) is 23.7 Å². The molecule has 1 N–H and O–H groups in total. The number of carbonyl (C=O) groups is 1. The number of hydrogen-bond acceptors (Lipinski definition) is 6. The summed E-state index contributed by atoms with van der Waals surface area (Å²) in [7, 11) is 0. The lowest BCUT2D eigenvalue weighted by Crippen LogP contribution is -2.58. The van der Waals surface area contributed by atoms with E-state index < -0.39 is 42.3 Å². The molecule has 0 aliphatic carbocycles. The molecule has 3 fully saturated rings. The van der Waals surface area contributed by atoms with Crippen LogP contribution in [0.25, 0.3) is 0 Å². The zero-order chi connectivity index (χ0) is 19.6. The topological polar surface area (TPSA) is 75.3 Å². The van der Waals surface area contributed by atoms with Crippen LogP contribution in [0.5, 0.6) is 0 Å². The number of nitrogens with one attached hydrogen (secondary N) is 1. The summed E-state index contributed by atoms with van der Waals surface area (Å²) in [5.74, 6) is -1.93. The maximum absolute atomic E-state index is 13.1. The second-order valence-electron chi connectivity index (χ2n) is 8.40. The number of aryl methyl sites for hydroxylation is 2. The van der Waals surface area contributed by atoms with E-state index in [9.17, 15) is 4.79 Å². The molecule has 1 aromatic carbocycles. The van der Waals surface area contributed by atoms with Crippen LogP contribution in [0.3, 0.4) is 0 Å². The van der Waals surface area contributed by atoms with Crippen LogP contribution in [-0.4, -0.2) is 48.2 Å². The molecule has 0 saturated carbocycles. The van der Waals surface area contributed by atoms with Crippen molar-refractivity contribution in [2.75, 3.05) is 5.32 Å². The van der Waals surface area contributed by atoms with Gasteiger partial charge in [0, 0.05) is 5.69 Å². The fourth-order valence-corrected chi connectivity index (χ4v) is 3.90. The van der Waals surface area contributed by atoms with Gasteiger partial charge in [-0.3, -0.25) is 4.79 Å². The number of amides is 1. The van der Waals surface area contributed by atoms with Gasteiger partial charge in [0.15, 0.2) is 24.0 Å². The average Bonchev–Trinajstić information content (AvgIpc) is 3.04. The minimum atomic E-state index is -0.865. The Kier molecular flexibility index (Phi) is 4.36. The second kappa shape index (κ2) is 6.25. The van der Waals surface area contributed by atoms with E-state index in [1.807, 2.05) is 59.7 Å². The number of rotatable bonds is 2. The first-order valence-electron chi connectivity index (χ1n) is 9.29. The first-order valence-corrected chi connectivity index (χ1v) is 9.29. The van der Waals surface area contributed by atoms with Crippen molar-refractivity contribution in [3.63, 3.8) is 0 Å². The maximum atomic E-state index is 13.1. The van der Waals surface area contributed by atoms with E-state index in [0.717, 1.165) is 16.8 Å². The zero-order valence-corrected chi connectivity index (χ0v) is 16.6. The zero-order valence-electron chi connectivity index (χ0n) is 16.6. The van der Waals surface area contributed by atoms with E-state index in [1.54, 1.807) is 0 Å². The van der Waals surface area contributed by atoms with Gasteiger partial charge >= 0.3 is 0 Å². The highest BCUT2D eigenvalue weighted by Gasteiger charge is 2.62. The van der Waals surface area contributed by atoms with Crippen molar-refractivity contribution in [2.45, 2.75) is 83.8 Å². The Morgan fingerprint density at radius 1 is 0.926 bits per heavy atom. The molecule has 7 nitrogen and oxygen atoms in total. The molecule has 1 aromatic rings. The van der Waals surface area contributed by atoms with Crippen molar-refractivity contribution in [1.82, 2.24) is 0 Å². The SMILES string of the molecule is Cc1ccc(C)c(NC(=O)[C@@H]2O[C@H]3OC(C)(C)O[C@@H]3[C@H]3OC(C)(C)O[C@@H]32)c1.